The minimum Gasteiger partial charge on any atom is -0.293 e. The van der Waals surface area contributed by atoms with Crippen molar-refractivity contribution in [3.63, 3.8) is 0 Å². The summed E-state index contributed by atoms with van der Waals surface area (Å²) in [6.45, 7) is 6.37. The Morgan fingerprint density at radius 2 is 1.67 bits per heavy atom. The van der Waals surface area contributed by atoms with Crippen LogP contribution in [-0.4, -0.2) is 19.0 Å². The van der Waals surface area contributed by atoms with E-state index in [2.05, 4.69) is 153 Å². The van der Waals surface area contributed by atoms with Gasteiger partial charge in [-0.15, -0.1) is 0 Å². The lowest BCUT2D eigenvalue weighted by atomic mass is 9.83. The van der Waals surface area contributed by atoms with E-state index in [4.69, 9.17) is 9.98 Å². The smallest absolute Gasteiger partial charge is 0.0720 e. The average Bonchev–Trinajstić information content (AvgIpc) is 3.68. The van der Waals surface area contributed by atoms with Crippen LogP contribution in [0.1, 0.15) is 94.6 Å². The number of benzene rings is 3. The van der Waals surface area contributed by atoms with Gasteiger partial charge >= 0.3 is 0 Å². The first kappa shape index (κ1) is 38.4. The molecule has 1 atom stereocenters. The molecule has 3 aromatic rings. The highest BCUT2D eigenvalue weighted by molar-refractivity contribution is 6.03. The highest BCUT2D eigenvalue weighted by Crippen LogP contribution is 2.39. The Kier molecular flexibility index (Phi) is 14.4. The average molecular weight is 709 g/mol. The zero-order valence-corrected chi connectivity index (χ0v) is 32.4. The molecule has 0 N–H and O–H groups in total. The van der Waals surface area contributed by atoms with Crippen molar-refractivity contribution in [2.75, 3.05) is 7.05 Å². The van der Waals surface area contributed by atoms with Gasteiger partial charge in [0.25, 0.3) is 0 Å². The summed E-state index contributed by atoms with van der Waals surface area (Å²) in [5.41, 5.74) is 14.7. The molecule has 0 saturated carbocycles. The van der Waals surface area contributed by atoms with Gasteiger partial charge in [-0.05, 0) is 114 Å². The summed E-state index contributed by atoms with van der Waals surface area (Å²) >= 11 is 0. The minimum absolute atomic E-state index is 0.398. The molecule has 0 heterocycles. The molecule has 3 aliphatic carbocycles. The lowest BCUT2D eigenvalue weighted by Gasteiger charge is -2.21. The van der Waals surface area contributed by atoms with Gasteiger partial charge in [0.15, 0.2) is 0 Å². The maximum atomic E-state index is 5.07. The molecule has 1 unspecified atom stereocenters. The first-order valence-corrected chi connectivity index (χ1v) is 20.1. The molecule has 0 fully saturated rings. The minimum atomic E-state index is 0.398. The highest BCUT2D eigenvalue weighted by atomic mass is 14.7. The van der Waals surface area contributed by atoms with Crippen molar-refractivity contribution in [1.82, 2.24) is 0 Å². The molecular weight excluding hydrogens is 653 g/mol. The van der Waals surface area contributed by atoms with Crippen LogP contribution in [0.15, 0.2) is 185 Å². The van der Waals surface area contributed by atoms with Crippen LogP contribution in [0.2, 0.25) is 0 Å². The molecule has 0 aliphatic heterocycles. The molecular formula is C52H56N2. The number of hydrogen-bond acceptors (Lipinski definition) is 2. The van der Waals surface area contributed by atoms with Crippen LogP contribution >= 0.6 is 0 Å². The zero-order chi connectivity index (χ0) is 37.4. The van der Waals surface area contributed by atoms with Crippen LogP contribution in [0, 0.1) is 0 Å². The topological polar surface area (TPSA) is 24.7 Å². The van der Waals surface area contributed by atoms with Crippen LogP contribution in [0.4, 0.5) is 0 Å². The van der Waals surface area contributed by atoms with Gasteiger partial charge in [-0.2, -0.15) is 0 Å². The van der Waals surface area contributed by atoms with Crippen molar-refractivity contribution >= 4 is 17.6 Å². The summed E-state index contributed by atoms with van der Waals surface area (Å²) in [6, 6.07) is 26.9. The summed E-state index contributed by atoms with van der Waals surface area (Å²) in [4.78, 5) is 9.77. The van der Waals surface area contributed by atoms with Gasteiger partial charge in [0.05, 0.1) is 5.70 Å². The molecule has 6 rings (SSSR count). The standard InChI is InChI=1S/C52H56N2/c1-4-20-43(44-25-15-7-8-16-26-44)29-19-30-49(53-3)38-52(54-39-41-21-11-9-12-22-41)47-33-31-45(32-34-47)48-35-36-50(40(2)42-23-13-5-6-14-24-42)51(37-48)46-27-17-10-18-28-46/h4,7,10-11,15,17-23,25,27-29,31-40H,1,5-6,8-9,12-14,16,24,26,30H2,2-3H3/b29-19-,43-20+,52-38-,53-49?,54-39?. The summed E-state index contributed by atoms with van der Waals surface area (Å²) in [6.07, 6.45) is 40.9. The van der Waals surface area contributed by atoms with Crippen molar-refractivity contribution in [2.24, 2.45) is 9.98 Å². The van der Waals surface area contributed by atoms with Gasteiger partial charge in [-0.25, -0.2) is 0 Å². The van der Waals surface area contributed by atoms with Crippen LogP contribution in [0.3, 0.4) is 0 Å². The molecule has 0 saturated heterocycles. The summed E-state index contributed by atoms with van der Waals surface area (Å²) in [5.74, 6) is 0.398. The maximum Gasteiger partial charge on any atom is 0.0720 e. The predicted octanol–water partition coefficient (Wildman–Crippen LogP) is 14.5. The van der Waals surface area contributed by atoms with Crippen molar-refractivity contribution < 1.29 is 0 Å². The summed E-state index contributed by atoms with van der Waals surface area (Å²) < 4.78 is 0. The SMILES string of the molecule is C=C/C=C(\C=C/CC(/C=C(\N=CC1=CCCC=C1)c1ccc(-c2ccc(C(C)C3=CCCCCC3)c(-c3ccccc3)c2)cc1)=NC)C1=CC=CCCC1. The Hall–Kier alpha value is -5.34. The van der Waals surface area contributed by atoms with Crippen molar-refractivity contribution in [3.05, 3.63) is 186 Å². The molecule has 274 valence electrons. The van der Waals surface area contributed by atoms with Crippen LogP contribution < -0.4 is 0 Å². The number of aliphatic imine (C=N–C) groups is 2. The first-order chi connectivity index (χ1) is 26.6. The summed E-state index contributed by atoms with van der Waals surface area (Å²) in [7, 11) is 1.87. The maximum absolute atomic E-state index is 5.07. The number of hydrogen-bond donors (Lipinski definition) is 0. The molecule has 3 aliphatic rings. The van der Waals surface area contributed by atoms with E-state index in [9.17, 15) is 0 Å². The third-order valence-corrected chi connectivity index (χ3v) is 10.8. The fourth-order valence-corrected chi connectivity index (χ4v) is 7.61. The third kappa shape index (κ3) is 10.6. The van der Waals surface area contributed by atoms with Gasteiger partial charge in [-0.3, -0.25) is 9.98 Å². The lowest BCUT2D eigenvalue weighted by molar-refractivity contribution is 0.694. The van der Waals surface area contributed by atoms with Crippen molar-refractivity contribution in [3.8, 4) is 22.3 Å². The predicted molar refractivity (Wildman–Crippen MR) is 236 cm³/mol. The second-order valence-corrected chi connectivity index (χ2v) is 14.5. The highest BCUT2D eigenvalue weighted by Gasteiger charge is 2.18. The Balaban J connectivity index is 1.29. The van der Waals surface area contributed by atoms with Gasteiger partial charge in [0.1, 0.15) is 0 Å². The number of nitrogens with zero attached hydrogens (tertiary/aromatic N) is 2. The molecule has 0 aromatic heterocycles. The Morgan fingerprint density at radius 3 is 2.46 bits per heavy atom. The van der Waals surface area contributed by atoms with E-state index in [1.165, 1.54) is 71.1 Å². The molecule has 0 spiro atoms. The largest absolute Gasteiger partial charge is 0.293 e. The first-order valence-electron chi connectivity index (χ1n) is 20.1. The zero-order valence-electron chi connectivity index (χ0n) is 32.4. The fraction of sp³-hybridized carbons (Fsp3) is 0.269. The van der Waals surface area contributed by atoms with E-state index in [0.29, 0.717) is 12.3 Å². The second-order valence-electron chi connectivity index (χ2n) is 14.5. The summed E-state index contributed by atoms with van der Waals surface area (Å²) in [5, 5.41) is 0. The van der Waals surface area contributed by atoms with E-state index in [0.717, 1.165) is 54.6 Å². The van der Waals surface area contributed by atoms with E-state index >= 15 is 0 Å². The van der Waals surface area contributed by atoms with Gasteiger partial charge < -0.3 is 0 Å². The molecule has 3 aromatic carbocycles. The van der Waals surface area contributed by atoms with E-state index in [1.807, 2.05) is 19.3 Å². The molecule has 0 amide bonds. The van der Waals surface area contributed by atoms with E-state index in [-0.39, 0.29) is 0 Å². The normalized spacial score (nSPS) is 17.9. The van der Waals surface area contributed by atoms with E-state index < -0.39 is 0 Å². The Morgan fingerprint density at radius 1 is 0.815 bits per heavy atom. The third-order valence-electron chi connectivity index (χ3n) is 10.8. The second kappa shape index (κ2) is 20.2. The molecule has 0 radical (unpaired) electrons. The molecule has 54 heavy (non-hydrogen) atoms. The number of allylic oxidation sites excluding steroid dienone is 16. The monoisotopic (exact) mass is 708 g/mol. The fourth-order valence-electron chi connectivity index (χ4n) is 7.61. The molecule has 2 heteroatoms. The van der Waals surface area contributed by atoms with E-state index in [1.54, 1.807) is 5.57 Å². The van der Waals surface area contributed by atoms with Crippen LogP contribution in [-0.2, 0) is 0 Å². The van der Waals surface area contributed by atoms with Gasteiger partial charge in [0, 0.05) is 36.9 Å². The van der Waals surface area contributed by atoms with Gasteiger partial charge in [0.2, 0.25) is 0 Å². The number of rotatable bonds is 13. The Bertz CT molecular complexity index is 2050. The lowest BCUT2D eigenvalue weighted by Crippen LogP contribution is -2.01. The molecule has 2 nitrogen and oxygen atoms in total. The Labute approximate surface area is 325 Å². The quantitative estimate of drug-likeness (QED) is 0.0959. The van der Waals surface area contributed by atoms with Crippen molar-refractivity contribution in [2.45, 2.75) is 83.5 Å². The van der Waals surface area contributed by atoms with Crippen molar-refractivity contribution in [1.29, 1.82) is 0 Å². The molecule has 0 bridgehead atoms. The van der Waals surface area contributed by atoms with Crippen LogP contribution in [0.5, 0.6) is 0 Å². The van der Waals surface area contributed by atoms with Gasteiger partial charge in [-0.1, -0.05) is 159 Å². The van der Waals surface area contributed by atoms with Crippen LogP contribution in [0.25, 0.3) is 28.0 Å².